The Bertz CT molecular complexity index is 1090. The van der Waals surface area contributed by atoms with Crippen molar-refractivity contribution in [3.05, 3.63) is 41.2 Å². The minimum Gasteiger partial charge on any atom is -0.335 e. The molecule has 33 heavy (non-hydrogen) atoms. The van der Waals surface area contributed by atoms with E-state index in [0.717, 1.165) is 18.2 Å². The lowest BCUT2D eigenvalue weighted by Crippen LogP contribution is -2.26. The summed E-state index contributed by atoms with van der Waals surface area (Å²) in [6.07, 6.45) is -8.75. The molecule has 176 valence electrons. The van der Waals surface area contributed by atoms with E-state index >= 15 is 0 Å². The predicted octanol–water partition coefficient (Wildman–Crippen LogP) is 1.98. The summed E-state index contributed by atoms with van der Waals surface area (Å²) in [5, 5.41) is 26.8. The molecule has 2 N–H and O–H groups in total. The van der Waals surface area contributed by atoms with Gasteiger partial charge in [0.2, 0.25) is 5.84 Å². The lowest BCUT2D eigenvalue weighted by molar-refractivity contribution is -0.199. The summed E-state index contributed by atoms with van der Waals surface area (Å²) in [5.74, 6) is -3.36. The number of hydrogen-bond acceptors (Lipinski definition) is 10. The van der Waals surface area contributed by atoms with Crippen LogP contribution in [0.5, 0.6) is 0 Å². The molecular formula is C16H12F6N8O3. The van der Waals surface area contributed by atoms with Crippen LogP contribution in [0.15, 0.2) is 34.1 Å². The molecule has 11 nitrogen and oxygen atoms in total. The summed E-state index contributed by atoms with van der Waals surface area (Å²) in [6, 6.07) is 3.61. The maximum Gasteiger partial charge on any atom is 0.493 e. The van der Waals surface area contributed by atoms with Crippen molar-refractivity contribution in [1.82, 2.24) is 25.6 Å². The normalized spacial score (nSPS) is 18.6. The van der Waals surface area contributed by atoms with Crippen LogP contribution >= 0.6 is 0 Å². The second-order valence-corrected chi connectivity index (χ2v) is 6.35. The van der Waals surface area contributed by atoms with Gasteiger partial charge in [-0.2, -0.15) is 36.6 Å². The molecule has 1 aliphatic rings. The number of carbonyl (C=O) groups is 1. The van der Waals surface area contributed by atoms with Crippen LogP contribution in [0.4, 0.5) is 32.0 Å². The molecule has 0 bridgehead atoms. The van der Waals surface area contributed by atoms with Gasteiger partial charge < -0.3 is 10.2 Å². The molecule has 1 saturated heterocycles. The quantitative estimate of drug-likeness (QED) is 0.121. The van der Waals surface area contributed by atoms with Gasteiger partial charge in [0.1, 0.15) is 5.69 Å². The number of nitriles is 1. The SMILES string of the molecule is CN1C(NCc2nonc2/C(=N\OC(=O)C(F)(F)F)Nc2cccc(C(F)(F)F)c2)N1C#N. The highest BCUT2D eigenvalue weighted by Gasteiger charge is 2.43. The molecule has 0 aliphatic carbocycles. The molecule has 0 amide bonds. The lowest BCUT2D eigenvalue weighted by atomic mass is 10.2. The Morgan fingerprint density at radius 2 is 2.03 bits per heavy atom. The van der Waals surface area contributed by atoms with Gasteiger partial charge in [-0.05, 0) is 23.4 Å². The van der Waals surface area contributed by atoms with E-state index in [2.05, 4.69) is 35.6 Å². The maximum absolute atomic E-state index is 13.0. The van der Waals surface area contributed by atoms with E-state index in [1.807, 2.05) is 6.19 Å². The monoisotopic (exact) mass is 478 g/mol. The predicted molar refractivity (Wildman–Crippen MR) is 93.9 cm³/mol. The lowest BCUT2D eigenvalue weighted by Gasteiger charge is -2.11. The zero-order valence-electron chi connectivity index (χ0n) is 16.3. The third kappa shape index (κ3) is 5.67. The molecular weight excluding hydrogens is 466 g/mol. The van der Waals surface area contributed by atoms with Crippen LogP contribution in [-0.4, -0.2) is 51.6 Å². The Balaban J connectivity index is 1.87. The number of benzene rings is 1. The topological polar surface area (TPSA) is 131 Å². The molecule has 1 aromatic heterocycles. The Labute approximate surface area is 180 Å². The number of nitrogens with zero attached hydrogens (tertiary/aromatic N) is 6. The number of anilines is 1. The highest BCUT2D eigenvalue weighted by molar-refractivity contribution is 6.07. The van der Waals surface area contributed by atoms with Crippen LogP contribution in [0, 0.1) is 11.5 Å². The second kappa shape index (κ2) is 8.91. The molecule has 1 aromatic carbocycles. The first-order valence-electron chi connectivity index (χ1n) is 8.69. The molecule has 0 spiro atoms. The molecule has 3 rings (SSSR count). The van der Waals surface area contributed by atoms with Crippen molar-refractivity contribution in [3.8, 4) is 6.19 Å². The number of alkyl halides is 6. The molecule has 17 heteroatoms. The van der Waals surface area contributed by atoms with Crippen LogP contribution in [0.3, 0.4) is 0 Å². The van der Waals surface area contributed by atoms with E-state index in [9.17, 15) is 31.1 Å². The van der Waals surface area contributed by atoms with Gasteiger partial charge in [0.15, 0.2) is 18.2 Å². The van der Waals surface area contributed by atoms with Crippen LogP contribution < -0.4 is 10.6 Å². The van der Waals surface area contributed by atoms with Gasteiger partial charge in [0.25, 0.3) is 0 Å². The third-order valence-corrected chi connectivity index (χ3v) is 4.11. The Kier molecular flexibility index (Phi) is 6.41. The third-order valence-electron chi connectivity index (χ3n) is 4.11. The standard InChI is InChI=1S/C16H12F6N8O3/c1-29-14(30(29)7-23)24-6-10-11(27-33-26-10)12(28-32-13(31)16(20,21)22)25-9-4-2-3-8(5-9)15(17,18)19/h2-5,14,24H,6H2,1H3,(H,25,28). The van der Waals surface area contributed by atoms with E-state index in [4.69, 9.17) is 5.26 Å². The van der Waals surface area contributed by atoms with Gasteiger partial charge in [0.05, 0.1) is 5.56 Å². The smallest absolute Gasteiger partial charge is 0.335 e. The highest BCUT2D eigenvalue weighted by Crippen LogP contribution is 2.31. The van der Waals surface area contributed by atoms with Crippen molar-refractivity contribution >= 4 is 17.5 Å². The van der Waals surface area contributed by atoms with E-state index in [-0.39, 0.29) is 23.6 Å². The number of aromatic nitrogens is 2. The largest absolute Gasteiger partial charge is 0.493 e. The van der Waals surface area contributed by atoms with Gasteiger partial charge in [-0.1, -0.05) is 16.4 Å². The Morgan fingerprint density at radius 1 is 1.30 bits per heavy atom. The molecule has 2 aromatic rings. The fourth-order valence-electron chi connectivity index (χ4n) is 2.46. The summed E-state index contributed by atoms with van der Waals surface area (Å²) < 4.78 is 80.9. The maximum atomic E-state index is 13.0. The summed E-state index contributed by atoms with van der Waals surface area (Å²) in [4.78, 5) is 14.9. The Hall–Kier alpha value is -3.91. The van der Waals surface area contributed by atoms with Crippen molar-refractivity contribution < 1.29 is 40.6 Å². The van der Waals surface area contributed by atoms with Gasteiger partial charge >= 0.3 is 18.3 Å². The fourth-order valence-corrected chi connectivity index (χ4v) is 2.46. The highest BCUT2D eigenvalue weighted by atomic mass is 19.4. The van der Waals surface area contributed by atoms with Gasteiger partial charge in [-0.25, -0.2) is 14.4 Å². The summed E-state index contributed by atoms with van der Waals surface area (Å²) in [6.45, 7) is -0.150. The molecule has 2 atom stereocenters. The zero-order chi connectivity index (χ0) is 24.4. The molecule has 2 heterocycles. The Morgan fingerprint density at radius 3 is 2.64 bits per heavy atom. The first-order chi connectivity index (χ1) is 15.4. The molecule has 0 radical (unpaired) electrons. The number of rotatable bonds is 6. The number of halogens is 6. The van der Waals surface area contributed by atoms with Crippen molar-refractivity contribution in [3.63, 3.8) is 0 Å². The van der Waals surface area contributed by atoms with Crippen molar-refractivity contribution in [2.45, 2.75) is 25.2 Å². The molecule has 0 saturated carbocycles. The number of nitrogens with one attached hydrogen (secondary N) is 2. The number of hydrogen-bond donors (Lipinski definition) is 2. The first-order valence-corrected chi connectivity index (χ1v) is 8.69. The minimum absolute atomic E-state index is 0.0607. The van der Waals surface area contributed by atoms with E-state index in [1.54, 1.807) is 7.05 Å². The number of oxime groups is 1. The minimum atomic E-state index is -5.38. The average molecular weight is 478 g/mol. The van der Waals surface area contributed by atoms with Gasteiger partial charge in [0, 0.05) is 19.3 Å². The van der Waals surface area contributed by atoms with E-state index in [0.29, 0.717) is 6.07 Å². The number of amidine groups is 1. The van der Waals surface area contributed by atoms with Crippen LogP contribution in [0.2, 0.25) is 0 Å². The van der Waals surface area contributed by atoms with Crippen LogP contribution in [0.1, 0.15) is 17.0 Å². The second-order valence-electron chi connectivity index (χ2n) is 6.35. The van der Waals surface area contributed by atoms with Crippen molar-refractivity contribution in [1.29, 1.82) is 5.26 Å². The number of carbonyl (C=O) groups excluding carboxylic acids is 1. The summed E-state index contributed by atoms with van der Waals surface area (Å²) in [5.41, 5.74) is -1.74. The van der Waals surface area contributed by atoms with Gasteiger partial charge in [-0.15, -0.1) is 0 Å². The average Bonchev–Trinajstić information content (AvgIpc) is 3.13. The molecule has 2 unspecified atom stereocenters. The zero-order valence-corrected chi connectivity index (χ0v) is 16.3. The molecule has 1 aliphatic heterocycles. The van der Waals surface area contributed by atoms with Crippen LogP contribution in [-0.2, 0) is 22.4 Å². The number of hydrazine groups is 1. The summed E-state index contributed by atoms with van der Waals surface area (Å²) >= 11 is 0. The van der Waals surface area contributed by atoms with Crippen molar-refractivity contribution in [2.24, 2.45) is 5.16 Å². The molecule has 1 fully saturated rings. The fraction of sp³-hybridized carbons (Fsp3) is 0.312. The van der Waals surface area contributed by atoms with E-state index in [1.165, 1.54) is 10.0 Å². The van der Waals surface area contributed by atoms with Crippen molar-refractivity contribution in [2.75, 3.05) is 12.4 Å². The van der Waals surface area contributed by atoms with E-state index < -0.39 is 36.0 Å². The summed E-state index contributed by atoms with van der Waals surface area (Å²) in [7, 11) is 1.58. The van der Waals surface area contributed by atoms with Gasteiger partial charge in [-0.3, -0.25) is 5.32 Å². The van der Waals surface area contributed by atoms with Crippen LogP contribution in [0.25, 0.3) is 0 Å². The first kappa shape index (κ1) is 23.7.